The van der Waals surface area contributed by atoms with Crippen LogP contribution in [0.5, 0.6) is 0 Å². The van der Waals surface area contributed by atoms with Gasteiger partial charge in [0.25, 0.3) is 0 Å². The van der Waals surface area contributed by atoms with Gasteiger partial charge >= 0.3 is 0 Å². The van der Waals surface area contributed by atoms with E-state index in [0.717, 1.165) is 32.2 Å². The zero-order valence-corrected chi connectivity index (χ0v) is 15.0. The van der Waals surface area contributed by atoms with E-state index in [1.807, 2.05) is 0 Å². The van der Waals surface area contributed by atoms with Gasteiger partial charge in [-0.05, 0) is 25.7 Å². The molecule has 0 spiro atoms. The largest absolute Gasteiger partial charge is 0.355 e. The van der Waals surface area contributed by atoms with E-state index in [-0.39, 0.29) is 23.3 Å². The number of rotatable bonds is 8. The summed E-state index contributed by atoms with van der Waals surface area (Å²) < 4.78 is 24.2. The van der Waals surface area contributed by atoms with Gasteiger partial charge in [0.05, 0.1) is 11.0 Å². The Kier molecular flexibility index (Phi) is 7.83. The minimum atomic E-state index is -3.08. The van der Waals surface area contributed by atoms with Crippen LogP contribution in [0.25, 0.3) is 0 Å². The van der Waals surface area contributed by atoms with Crippen molar-refractivity contribution in [2.45, 2.75) is 81.9 Å². The van der Waals surface area contributed by atoms with Crippen LogP contribution in [0, 0.1) is 0 Å². The molecule has 0 bridgehead atoms. The molecule has 1 amide bonds. The van der Waals surface area contributed by atoms with Crippen molar-refractivity contribution in [3.05, 3.63) is 0 Å². The van der Waals surface area contributed by atoms with Crippen molar-refractivity contribution in [2.75, 3.05) is 18.8 Å². The molecule has 23 heavy (non-hydrogen) atoms. The zero-order chi connectivity index (χ0) is 16.5. The van der Waals surface area contributed by atoms with Gasteiger partial charge in [-0.15, -0.1) is 0 Å². The third kappa shape index (κ3) is 6.79. The van der Waals surface area contributed by atoms with E-state index in [4.69, 9.17) is 0 Å². The molecule has 0 unspecified atom stereocenters. The van der Waals surface area contributed by atoms with Crippen molar-refractivity contribution >= 4 is 15.7 Å². The molecule has 2 saturated carbocycles. The molecular formula is C17H32N2O3S. The summed E-state index contributed by atoms with van der Waals surface area (Å²) in [6.07, 6.45) is 11.4. The highest BCUT2D eigenvalue weighted by Gasteiger charge is 2.28. The van der Waals surface area contributed by atoms with Crippen LogP contribution < -0.4 is 10.6 Å². The van der Waals surface area contributed by atoms with Crippen molar-refractivity contribution in [1.82, 2.24) is 10.6 Å². The molecule has 2 aliphatic carbocycles. The lowest BCUT2D eigenvalue weighted by molar-refractivity contribution is -0.120. The average Bonchev–Trinajstić information content (AvgIpc) is 2.96. The molecule has 0 aromatic carbocycles. The third-order valence-electron chi connectivity index (χ3n) is 5.16. The van der Waals surface area contributed by atoms with Gasteiger partial charge < -0.3 is 10.6 Å². The standard InChI is InChI=1S/C17H32N2O3S/c20-17(11-14-23(21,22)16-9-5-6-10-16)19-13-12-18-15-7-3-1-2-4-8-15/h15-16,18H,1-14H2,(H,19,20). The number of carbonyl (C=O) groups is 1. The van der Waals surface area contributed by atoms with E-state index in [1.54, 1.807) is 0 Å². The minimum absolute atomic E-state index is 0.000443. The van der Waals surface area contributed by atoms with E-state index in [1.165, 1.54) is 38.5 Å². The molecule has 0 radical (unpaired) electrons. The lowest BCUT2D eigenvalue weighted by Crippen LogP contribution is -2.37. The first kappa shape index (κ1) is 18.7. The molecule has 0 aromatic heterocycles. The third-order valence-corrected chi connectivity index (χ3v) is 7.42. The molecule has 0 aliphatic heterocycles. The molecular weight excluding hydrogens is 312 g/mol. The lowest BCUT2D eigenvalue weighted by atomic mass is 10.1. The molecule has 2 N–H and O–H groups in total. The van der Waals surface area contributed by atoms with E-state index in [0.29, 0.717) is 12.6 Å². The number of nitrogens with one attached hydrogen (secondary N) is 2. The van der Waals surface area contributed by atoms with Crippen LogP contribution in [0.3, 0.4) is 0 Å². The molecule has 5 nitrogen and oxygen atoms in total. The Labute approximate surface area is 140 Å². The van der Waals surface area contributed by atoms with Gasteiger partial charge in [0.2, 0.25) is 5.91 Å². The maximum absolute atomic E-state index is 12.1. The highest BCUT2D eigenvalue weighted by molar-refractivity contribution is 7.92. The van der Waals surface area contributed by atoms with Gasteiger partial charge in [0.15, 0.2) is 9.84 Å². The Morgan fingerprint density at radius 2 is 1.48 bits per heavy atom. The van der Waals surface area contributed by atoms with Crippen molar-refractivity contribution in [1.29, 1.82) is 0 Å². The van der Waals surface area contributed by atoms with Crippen LogP contribution in [0.4, 0.5) is 0 Å². The topological polar surface area (TPSA) is 75.3 Å². The number of amides is 1. The Morgan fingerprint density at radius 1 is 0.870 bits per heavy atom. The van der Waals surface area contributed by atoms with Gasteiger partial charge in [-0.1, -0.05) is 38.5 Å². The van der Waals surface area contributed by atoms with Crippen molar-refractivity contribution in [2.24, 2.45) is 0 Å². The van der Waals surface area contributed by atoms with E-state index in [9.17, 15) is 13.2 Å². The van der Waals surface area contributed by atoms with Crippen LogP contribution in [0.2, 0.25) is 0 Å². The van der Waals surface area contributed by atoms with Crippen LogP contribution in [-0.2, 0) is 14.6 Å². The second kappa shape index (κ2) is 9.62. The maximum atomic E-state index is 12.1. The minimum Gasteiger partial charge on any atom is -0.355 e. The van der Waals surface area contributed by atoms with Gasteiger partial charge in [0.1, 0.15) is 0 Å². The van der Waals surface area contributed by atoms with Gasteiger partial charge in [-0.25, -0.2) is 8.42 Å². The first-order chi connectivity index (χ1) is 11.1. The second-order valence-electron chi connectivity index (χ2n) is 7.02. The summed E-state index contributed by atoms with van der Waals surface area (Å²) in [7, 11) is -3.08. The maximum Gasteiger partial charge on any atom is 0.221 e. The molecule has 0 heterocycles. The molecule has 0 atom stereocenters. The summed E-state index contributed by atoms with van der Waals surface area (Å²) in [6, 6.07) is 0.581. The molecule has 2 aliphatic rings. The number of hydrogen-bond acceptors (Lipinski definition) is 4. The molecule has 134 valence electrons. The van der Waals surface area contributed by atoms with Gasteiger partial charge in [-0.2, -0.15) is 0 Å². The molecule has 0 saturated heterocycles. The Morgan fingerprint density at radius 3 is 2.13 bits per heavy atom. The van der Waals surface area contributed by atoms with Crippen LogP contribution in [0.15, 0.2) is 0 Å². The summed E-state index contributed by atoms with van der Waals surface area (Å²) in [5.41, 5.74) is 0. The van der Waals surface area contributed by atoms with E-state index < -0.39 is 9.84 Å². The molecule has 0 aromatic rings. The highest BCUT2D eigenvalue weighted by atomic mass is 32.2. The summed E-state index contributed by atoms with van der Waals surface area (Å²) in [6.45, 7) is 1.35. The zero-order valence-electron chi connectivity index (χ0n) is 14.2. The summed E-state index contributed by atoms with van der Waals surface area (Å²) in [5, 5.41) is 6.13. The van der Waals surface area contributed by atoms with Gasteiger partial charge in [0, 0.05) is 25.6 Å². The van der Waals surface area contributed by atoms with Crippen LogP contribution >= 0.6 is 0 Å². The summed E-state index contributed by atoms with van der Waals surface area (Å²) in [4.78, 5) is 11.8. The fraction of sp³-hybridized carbons (Fsp3) is 0.941. The first-order valence-corrected chi connectivity index (χ1v) is 11.0. The average molecular weight is 345 g/mol. The van der Waals surface area contributed by atoms with Crippen molar-refractivity contribution in [3.63, 3.8) is 0 Å². The predicted molar refractivity (Wildman–Crippen MR) is 93.2 cm³/mol. The predicted octanol–water partition coefficient (Wildman–Crippen LogP) is 2.16. The fourth-order valence-electron chi connectivity index (χ4n) is 3.70. The van der Waals surface area contributed by atoms with Crippen molar-refractivity contribution < 1.29 is 13.2 Å². The highest BCUT2D eigenvalue weighted by Crippen LogP contribution is 2.25. The Bertz CT molecular complexity index is 450. The Hall–Kier alpha value is -0.620. The number of hydrogen-bond donors (Lipinski definition) is 2. The molecule has 6 heteroatoms. The van der Waals surface area contributed by atoms with Crippen LogP contribution in [-0.4, -0.2) is 44.5 Å². The molecule has 2 rings (SSSR count). The Balaban J connectivity index is 1.56. The van der Waals surface area contributed by atoms with Crippen molar-refractivity contribution in [3.8, 4) is 0 Å². The van der Waals surface area contributed by atoms with Gasteiger partial charge in [-0.3, -0.25) is 4.79 Å². The first-order valence-electron chi connectivity index (χ1n) is 9.29. The normalized spacial score (nSPS) is 21.2. The monoisotopic (exact) mass is 344 g/mol. The number of sulfone groups is 1. The van der Waals surface area contributed by atoms with Crippen LogP contribution in [0.1, 0.15) is 70.6 Å². The smallest absolute Gasteiger partial charge is 0.221 e. The second-order valence-corrected chi connectivity index (χ2v) is 9.42. The molecule has 2 fully saturated rings. The summed E-state index contributed by atoms with van der Waals surface area (Å²) in [5.74, 6) is -0.145. The quantitative estimate of drug-likeness (QED) is 0.523. The number of carbonyl (C=O) groups excluding carboxylic acids is 1. The lowest BCUT2D eigenvalue weighted by Gasteiger charge is -2.16. The SMILES string of the molecule is O=C(CCS(=O)(=O)C1CCCC1)NCCNC1CCCCCC1. The van der Waals surface area contributed by atoms with E-state index >= 15 is 0 Å². The fourth-order valence-corrected chi connectivity index (χ4v) is 5.55. The summed E-state index contributed by atoms with van der Waals surface area (Å²) >= 11 is 0. The van der Waals surface area contributed by atoms with E-state index in [2.05, 4.69) is 10.6 Å².